The minimum absolute atomic E-state index is 0.00620. The number of hydrogen-bond acceptors (Lipinski definition) is 2. The summed E-state index contributed by atoms with van der Waals surface area (Å²) in [4.78, 5) is 24.2. The molecule has 102 valence electrons. The molecule has 1 saturated heterocycles. The van der Waals surface area contributed by atoms with Gasteiger partial charge in [-0.3, -0.25) is 9.59 Å². The van der Waals surface area contributed by atoms with Gasteiger partial charge in [-0.25, -0.2) is 0 Å². The van der Waals surface area contributed by atoms with Gasteiger partial charge in [-0.1, -0.05) is 27.7 Å². The minimum Gasteiger partial charge on any atom is -0.357 e. The maximum Gasteiger partial charge on any atom is 0.242 e. The van der Waals surface area contributed by atoms with Crippen LogP contribution < -0.4 is 5.32 Å². The highest BCUT2D eigenvalue weighted by Crippen LogP contribution is 2.16. The molecule has 0 radical (unpaired) electrons. The number of carbonyl (C=O) groups excluding carboxylic acids is 2. The normalized spacial score (nSPS) is 18.0. The van der Waals surface area contributed by atoms with Crippen molar-refractivity contribution in [1.82, 2.24) is 10.2 Å². The molecular formula is C13H28N2O2. The highest BCUT2D eigenvalue weighted by molar-refractivity contribution is 5.86. The Morgan fingerprint density at radius 2 is 1.65 bits per heavy atom. The number of carbonyl (C=O) groups is 2. The highest BCUT2D eigenvalue weighted by atomic mass is 16.2. The summed E-state index contributed by atoms with van der Waals surface area (Å²) in [5, 5.41) is 2.59. The summed E-state index contributed by atoms with van der Waals surface area (Å²) in [5.41, 5.74) is 0. The second kappa shape index (κ2) is 11.4. The molecule has 1 aliphatic heterocycles. The second-order valence-electron chi connectivity index (χ2n) is 3.34. The number of nitrogens with zero attached hydrogens (tertiary/aromatic N) is 1. The molecule has 0 bridgehead atoms. The molecule has 1 heterocycles. The Morgan fingerprint density at radius 1 is 1.12 bits per heavy atom. The third-order valence-corrected chi connectivity index (χ3v) is 2.46. The van der Waals surface area contributed by atoms with Gasteiger partial charge >= 0.3 is 0 Å². The molecule has 1 unspecified atom stereocenters. The molecule has 1 aliphatic rings. The van der Waals surface area contributed by atoms with Gasteiger partial charge in [0.25, 0.3) is 0 Å². The van der Waals surface area contributed by atoms with E-state index in [1.54, 1.807) is 11.9 Å². The lowest BCUT2D eigenvalue weighted by atomic mass is 10.0. The Hall–Kier alpha value is -1.06. The van der Waals surface area contributed by atoms with Crippen molar-refractivity contribution < 1.29 is 9.59 Å². The number of rotatable bonds is 1. The highest BCUT2D eigenvalue weighted by Gasteiger charge is 2.29. The van der Waals surface area contributed by atoms with Crippen molar-refractivity contribution in [2.75, 3.05) is 13.6 Å². The third kappa shape index (κ3) is 6.29. The van der Waals surface area contributed by atoms with Gasteiger partial charge in [0, 0.05) is 20.5 Å². The zero-order valence-electron chi connectivity index (χ0n) is 12.2. The first-order valence-electron chi connectivity index (χ1n) is 6.65. The maximum absolute atomic E-state index is 11.4. The number of piperidine rings is 1. The molecule has 1 rings (SSSR count). The van der Waals surface area contributed by atoms with Crippen molar-refractivity contribution in [3.63, 3.8) is 0 Å². The summed E-state index contributed by atoms with van der Waals surface area (Å²) < 4.78 is 0. The molecule has 1 fully saturated rings. The monoisotopic (exact) mass is 244 g/mol. The largest absolute Gasteiger partial charge is 0.357 e. The zero-order valence-corrected chi connectivity index (χ0v) is 12.2. The number of hydrogen-bond donors (Lipinski definition) is 1. The quantitative estimate of drug-likeness (QED) is 0.768. The molecule has 1 N–H and O–H groups in total. The number of nitrogens with one attached hydrogen (secondary N) is 1. The molecule has 0 aromatic carbocycles. The number of likely N-dealkylation sites (N-methyl/N-ethyl adjacent to an activating group) is 1. The fourth-order valence-electron chi connectivity index (χ4n) is 1.75. The Labute approximate surface area is 106 Å². The Morgan fingerprint density at radius 3 is 2.06 bits per heavy atom. The average Bonchev–Trinajstić information content (AvgIpc) is 2.42. The smallest absolute Gasteiger partial charge is 0.242 e. The summed E-state index contributed by atoms with van der Waals surface area (Å²) in [5.74, 6) is -0.0526. The number of likely N-dealkylation sites (tertiary alicyclic amines) is 1. The molecule has 0 aromatic heterocycles. The van der Waals surface area contributed by atoms with E-state index in [0.29, 0.717) is 6.54 Å². The van der Waals surface area contributed by atoms with Crippen LogP contribution in [-0.2, 0) is 9.59 Å². The van der Waals surface area contributed by atoms with Crippen LogP contribution in [0.4, 0.5) is 0 Å². The summed E-state index contributed by atoms with van der Waals surface area (Å²) in [6, 6.07) is -0.240. The van der Waals surface area contributed by atoms with E-state index in [0.717, 1.165) is 19.3 Å². The molecule has 2 amide bonds. The second-order valence-corrected chi connectivity index (χ2v) is 3.34. The number of amides is 2. The lowest BCUT2D eigenvalue weighted by Crippen LogP contribution is -2.50. The fraction of sp³-hybridized carbons (Fsp3) is 0.846. The lowest BCUT2D eigenvalue weighted by Gasteiger charge is -2.33. The predicted molar refractivity (Wildman–Crippen MR) is 71.8 cm³/mol. The van der Waals surface area contributed by atoms with E-state index in [1.807, 2.05) is 27.7 Å². The molecule has 0 saturated carbocycles. The molecule has 1 atom stereocenters. The van der Waals surface area contributed by atoms with E-state index >= 15 is 0 Å². The van der Waals surface area contributed by atoms with Crippen molar-refractivity contribution in [2.45, 2.75) is 59.9 Å². The molecule has 0 spiro atoms. The van der Waals surface area contributed by atoms with E-state index in [1.165, 1.54) is 6.92 Å². The Bertz CT molecular complexity index is 217. The van der Waals surface area contributed by atoms with E-state index in [4.69, 9.17) is 0 Å². The van der Waals surface area contributed by atoms with Crippen LogP contribution in [0.25, 0.3) is 0 Å². The van der Waals surface area contributed by atoms with Crippen LogP contribution in [0.3, 0.4) is 0 Å². The van der Waals surface area contributed by atoms with Crippen LogP contribution in [0.15, 0.2) is 0 Å². The predicted octanol–water partition coefficient (Wildman–Crippen LogP) is 2.19. The molecule has 17 heavy (non-hydrogen) atoms. The van der Waals surface area contributed by atoms with Gasteiger partial charge in [0.1, 0.15) is 6.04 Å². The van der Waals surface area contributed by atoms with Gasteiger partial charge < -0.3 is 10.2 Å². The van der Waals surface area contributed by atoms with Crippen molar-refractivity contribution in [2.24, 2.45) is 0 Å². The van der Waals surface area contributed by atoms with Gasteiger partial charge in [0.2, 0.25) is 11.8 Å². The van der Waals surface area contributed by atoms with Crippen LogP contribution in [0.5, 0.6) is 0 Å². The first-order chi connectivity index (χ1) is 8.16. The maximum atomic E-state index is 11.4. The van der Waals surface area contributed by atoms with Gasteiger partial charge in [-0.2, -0.15) is 0 Å². The third-order valence-electron chi connectivity index (χ3n) is 2.46. The van der Waals surface area contributed by atoms with E-state index in [9.17, 15) is 9.59 Å². The van der Waals surface area contributed by atoms with Gasteiger partial charge in [0.05, 0.1) is 0 Å². The molecule has 0 aliphatic carbocycles. The molecule has 4 nitrogen and oxygen atoms in total. The first kappa shape index (κ1) is 18.3. The molecule has 0 aromatic rings. The summed E-state index contributed by atoms with van der Waals surface area (Å²) in [7, 11) is 1.61. The van der Waals surface area contributed by atoms with Crippen molar-refractivity contribution >= 4 is 11.8 Å². The standard InChI is InChI=1S/C9H16N2O2.2C2H6/c1-7(12)11-6-4-3-5-8(11)9(13)10-2;2*1-2/h8H,3-6H2,1-2H3,(H,10,13);2*1-2H3. The van der Waals surface area contributed by atoms with Crippen molar-refractivity contribution in [3.8, 4) is 0 Å². The molecule has 4 heteroatoms. The van der Waals surface area contributed by atoms with Gasteiger partial charge in [-0.15, -0.1) is 0 Å². The Balaban J connectivity index is 0. The zero-order chi connectivity index (χ0) is 13.8. The van der Waals surface area contributed by atoms with Crippen molar-refractivity contribution in [3.05, 3.63) is 0 Å². The topological polar surface area (TPSA) is 49.4 Å². The Kier molecular flexibility index (Phi) is 12.3. The SMILES string of the molecule is CC.CC.CNC(=O)C1CCCCN1C(C)=O. The van der Waals surface area contributed by atoms with Gasteiger partial charge in [-0.05, 0) is 19.3 Å². The van der Waals surface area contributed by atoms with Gasteiger partial charge in [0.15, 0.2) is 0 Å². The summed E-state index contributed by atoms with van der Waals surface area (Å²) >= 11 is 0. The van der Waals surface area contributed by atoms with E-state index in [-0.39, 0.29) is 17.9 Å². The van der Waals surface area contributed by atoms with E-state index in [2.05, 4.69) is 5.32 Å². The van der Waals surface area contributed by atoms with Crippen molar-refractivity contribution in [1.29, 1.82) is 0 Å². The average molecular weight is 244 g/mol. The van der Waals surface area contributed by atoms with Crippen LogP contribution in [-0.4, -0.2) is 36.3 Å². The molecular weight excluding hydrogens is 216 g/mol. The van der Waals surface area contributed by atoms with E-state index < -0.39 is 0 Å². The lowest BCUT2D eigenvalue weighted by molar-refractivity contribution is -0.140. The van der Waals surface area contributed by atoms with Crippen LogP contribution in [0.1, 0.15) is 53.9 Å². The van der Waals surface area contributed by atoms with Crippen LogP contribution in [0, 0.1) is 0 Å². The minimum atomic E-state index is -0.240. The van der Waals surface area contributed by atoms with Crippen LogP contribution in [0.2, 0.25) is 0 Å². The van der Waals surface area contributed by atoms with Crippen LogP contribution >= 0.6 is 0 Å². The first-order valence-corrected chi connectivity index (χ1v) is 6.65. The summed E-state index contributed by atoms with van der Waals surface area (Å²) in [6.07, 6.45) is 2.83. The summed E-state index contributed by atoms with van der Waals surface area (Å²) in [6.45, 7) is 10.2. The fourth-order valence-corrected chi connectivity index (χ4v) is 1.75.